The van der Waals surface area contributed by atoms with Crippen LogP contribution in [0.2, 0.25) is 5.02 Å². The van der Waals surface area contributed by atoms with Crippen LogP contribution in [0.15, 0.2) is 48.5 Å². The fourth-order valence-corrected chi connectivity index (χ4v) is 1.99. The van der Waals surface area contributed by atoms with Gasteiger partial charge in [-0.1, -0.05) is 41.9 Å². The highest BCUT2D eigenvalue weighted by molar-refractivity contribution is 6.33. The highest BCUT2D eigenvalue weighted by atomic mass is 35.5. The van der Waals surface area contributed by atoms with Crippen molar-refractivity contribution in [2.75, 3.05) is 0 Å². The minimum Gasteiger partial charge on any atom is -0.508 e. The second kappa shape index (κ2) is 5.76. The van der Waals surface area contributed by atoms with Gasteiger partial charge in [0, 0.05) is 0 Å². The minimum atomic E-state index is -0.308. The molecular weight excluding hydrogens is 262 g/mol. The maximum Gasteiger partial charge on any atom is 0.253 e. The summed E-state index contributed by atoms with van der Waals surface area (Å²) in [5.41, 5.74) is 1.27. The van der Waals surface area contributed by atoms with Crippen molar-refractivity contribution in [3.05, 3.63) is 64.7 Å². The SMILES string of the molecule is CC(NC(=O)c1cc(O)ccc1Cl)c1ccccc1. The number of rotatable bonds is 3. The Balaban J connectivity index is 2.15. The van der Waals surface area contributed by atoms with E-state index in [0.29, 0.717) is 5.02 Å². The molecule has 0 radical (unpaired) electrons. The first-order chi connectivity index (χ1) is 9.08. The molecule has 0 aromatic heterocycles. The fourth-order valence-electron chi connectivity index (χ4n) is 1.79. The molecular formula is C15H14ClNO2. The van der Waals surface area contributed by atoms with Crippen LogP contribution in [-0.2, 0) is 0 Å². The van der Waals surface area contributed by atoms with E-state index in [1.54, 1.807) is 0 Å². The summed E-state index contributed by atoms with van der Waals surface area (Å²) in [6, 6.07) is 13.8. The number of phenols is 1. The highest BCUT2D eigenvalue weighted by Gasteiger charge is 2.14. The Kier molecular flexibility index (Phi) is 4.07. The second-order valence-electron chi connectivity index (χ2n) is 4.27. The molecule has 0 aliphatic carbocycles. The summed E-state index contributed by atoms with van der Waals surface area (Å²) < 4.78 is 0. The van der Waals surface area contributed by atoms with Gasteiger partial charge in [-0.05, 0) is 30.7 Å². The van der Waals surface area contributed by atoms with Gasteiger partial charge in [0.25, 0.3) is 5.91 Å². The Morgan fingerprint density at radius 3 is 2.58 bits per heavy atom. The molecule has 0 bridgehead atoms. The number of benzene rings is 2. The Hall–Kier alpha value is -2.00. The third-order valence-electron chi connectivity index (χ3n) is 2.84. The average Bonchev–Trinajstić information content (AvgIpc) is 2.42. The Morgan fingerprint density at radius 2 is 1.89 bits per heavy atom. The average molecular weight is 276 g/mol. The van der Waals surface area contributed by atoms with Gasteiger partial charge in [-0.25, -0.2) is 0 Å². The van der Waals surface area contributed by atoms with Gasteiger partial charge in [0.05, 0.1) is 16.6 Å². The number of phenolic OH excluding ortho intramolecular Hbond substituents is 1. The largest absolute Gasteiger partial charge is 0.508 e. The van der Waals surface area contributed by atoms with Gasteiger partial charge >= 0.3 is 0 Å². The normalized spacial score (nSPS) is 11.9. The maximum absolute atomic E-state index is 12.1. The lowest BCUT2D eigenvalue weighted by molar-refractivity contribution is 0.0939. The number of carbonyl (C=O) groups is 1. The molecule has 19 heavy (non-hydrogen) atoms. The topological polar surface area (TPSA) is 49.3 Å². The van der Waals surface area contributed by atoms with Crippen LogP contribution in [0.5, 0.6) is 5.75 Å². The smallest absolute Gasteiger partial charge is 0.253 e. The molecule has 0 saturated heterocycles. The molecule has 2 rings (SSSR count). The van der Waals surface area contributed by atoms with E-state index in [1.807, 2.05) is 37.3 Å². The summed E-state index contributed by atoms with van der Waals surface area (Å²) in [5, 5.41) is 12.6. The predicted molar refractivity (Wildman–Crippen MR) is 75.4 cm³/mol. The number of amides is 1. The fraction of sp³-hybridized carbons (Fsp3) is 0.133. The van der Waals surface area contributed by atoms with Crippen molar-refractivity contribution in [2.24, 2.45) is 0 Å². The van der Waals surface area contributed by atoms with Crippen LogP contribution in [-0.4, -0.2) is 11.0 Å². The van der Waals surface area contributed by atoms with Crippen molar-refractivity contribution in [3.63, 3.8) is 0 Å². The zero-order valence-corrected chi connectivity index (χ0v) is 11.2. The third-order valence-corrected chi connectivity index (χ3v) is 3.17. The van der Waals surface area contributed by atoms with Gasteiger partial charge in [0.1, 0.15) is 5.75 Å². The Morgan fingerprint density at radius 1 is 1.21 bits per heavy atom. The number of halogens is 1. The van der Waals surface area contributed by atoms with Gasteiger partial charge in [-0.15, -0.1) is 0 Å². The molecule has 1 unspecified atom stereocenters. The van der Waals surface area contributed by atoms with E-state index < -0.39 is 0 Å². The summed E-state index contributed by atoms with van der Waals surface area (Å²) in [6.07, 6.45) is 0. The van der Waals surface area contributed by atoms with E-state index in [0.717, 1.165) is 5.56 Å². The Bertz CT molecular complexity index is 584. The first-order valence-corrected chi connectivity index (χ1v) is 6.30. The van der Waals surface area contributed by atoms with E-state index in [-0.39, 0.29) is 23.3 Å². The zero-order valence-electron chi connectivity index (χ0n) is 10.4. The molecule has 0 saturated carbocycles. The van der Waals surface area contributed by atoms with E-state index in [2.05, 4.69) is 5.32 Å². The first-order valence-electron chi connectivity index (χ1n) is 5.92. The van der Waals surface area contributed by atoms with Gasteiger partial charge in [0.2, 0.25) is 0 Å². The molecule has 4 heteroatoms. The van der Waals surface area contributed by atoms with Crippen molar-refractivity contribution in [2.45, 2.75) is 13.0 Å². The Labute approximate surface area is 116 Å². The molecule has 2 aromatic rings. The summed E-state index contributed by atoms with van der Waals surface area (Å²) in [7, 11) is 0. The molecule has 0 spiro atoms. The molecule has 0 aliphatic heterocycles. The monoisotopic (exact) mass is 275 g/mol. The first kappa shape index (κ1) is 13.4. The molecule has 0 heterocycles. The van der Waals surface area contributed by atoms with Crippen LogP contribution in [0.4, 0.5) is 0 Å². The van der Waals surface area contributed by atoms with Crippen molar-refractivity contribution < 1.29 is 9.90 Å². The molecule has 0 aliphatic rings. The molecule has 1 amide bonds. The van der Waals surface area contributed by atoms with Crippen LogP contribution in [0.25, 0.3) is 0 Å². The van der Waals surface area contributed by atoms with Crippen LogP contribution in [0, 0.1) is 0 Å². The van der Waals surface area contributed by atoms with Gasteiger partial charge in [-0.3, -0.25) is 4.79 Å². The molecule has 2 N–H and O–H groups in total. The van der Waals surface area contributed by atoms with E-state index in [1.165, 1.54) is 18.2 Å². The summed E-state index contributed by atoms with van der Waals surface area (Å²) in [4.78, 5) is 12.1. The molecule has 3 nitrogen and oxygen atoms in total. The molecule has 0 fully saturated rings. The highest BCUT2D eigenvalue weighted by Crippen LogP contribution is 2.22. The molecule has 98 valence electrons. The third kappa shape index (κ3) is 3.26. The van der Waals surface area contributed by atoms with Crippen molar-refractivity contribution >= 4 is 17.5 Å². The lowest BCUT2D eigenvalue weighted by Gasteiger charge is -2.15. The van der Waals surface area contributed by atoms with Crippen LogP contribution >= 0.6 is 11.6 Å². The lowest BCUT2D eigenvalue weighted by Crippen LogP contribution is -2.26. The standard InChI is InChI=1S/C15H14ClNO2/c1-10(11-5-3-2-4-6-11)17-15(19)13-9-12(18)7-8-14(13)16/h2-10,18H,1H3,(H,17,19). The summed E-state index contributed by atoms with van der Waals surface area (Å²) in [5.74, 6) is -0.292. The predicted octanol–water partition coefficient (Wildman–Crippen LogP) is 3.54. The number of hydrogen-bond donors (Lipinski definition) is 2. The number of hydrogen-bond acceptors (Lipinski definition) is 2. The number of aromatic hydroxyl groups is 1. The number of nitrogens with one attached hydrogen (secondary N) is 1. The summed E-state index contributed by atoms with van der Waals surface area (Å²) >= 11 is 5.95. The molecule has 1 atom stereocenters. The van der Waals surface area contributed by atoms with E-state index in [9.17, 15) is 9.90 Å². The van der Waals surface area contributed by atoms with Gasteiger partial charge < -0.3 is 10.4 Å². The van der Waals surface area contributed by atoms with Crippen LogP contribution < -0.4 is 5.32 Å². The van der Waals surface area contributed by atoms with Gasteiger partial charge in [-0.2, -0.15) is 0 Å². The summed E-state index contributed by atoms with van der Waals surface area (Å²) in [6.45, 7) is 1.89. The van der Waals surface area contributed by atoms with Crippen LogP contribution in [0.1, 0.15) is 28.9 Å². The lowest BCUT2D eigenvalue weighted by atomic mass is 10.1. The quantitative estimate of drug-likeness (QED) is 0.900. The maximum atomic E-state index is 12.1. The van der Waals surface area contributed by atoms with Crippen molar-refractivity contribution in [1.29, 1.82) is 0 Å². The van der Waals surface area contributed by atoms with Crippen molar-refractivity contribution in [3.8, 4) is 5.75 Å². The van der Waals surface area contributed by atoms with Crippen molar-refractivity contribution in [1.82, 2.24) is 5.32 Å². The zero-order chi connectivity index (χ0) is 13.8. The van der Waals surface area contributed by atoms with E-state index >= 15 is 0 Å². The minimum absolute atomic E-state index is 0.0157. The van der Waals surface area contributed by atoms with E-state index in [4.69, 9.17) is 11.6 Å². The second-order valence-corrected chi connectivity index (χ2v) is 4.68. The molecule has 2 aromatic carbocycles. The van der Waals surface area contributed by atoms with Crippen LogP contribution in [0.3, 0.4) is 0 Å². The van der Waals surface area contributed by atoms with Gasteiger partial charge in [0.15, 0.2) is 0 Å². The number of carbonyl (C=O) groups excluding carboxylic acids is 1.